The van der Waals surface area contributed by atoms with Crippen molar-refractivity contribution in [1.29, 1.82) is 0 Å². The maximum absolute atomic E-state index is 4.44. The number of nitrogens with one attached hydrogen (secondary N) is 1. The van der Waals surface area contributed by atoms with Crippen LogP contribution in [0.1, 0.15) is 45.4 Å². The Bertz CT molecular complexity index is 355. The highest BCUT2D eigenvalue weighted by atomic mass is 15.2. The molecule has 0 bridgehead atoms. The monoisotopic (exact) mass is 264 g/mol. The zero-order valence-corrected chi connectivity index (χ0v) is 12.4. The van der Waals surface area contributed by atoms with Crippen LogP contribution in [0.3, 0.4) is 0 Å². The van der Waals surface area contributed by atoms with E-state index in [2.05, 4.69) is 39.8 Å². The number of hydrogen-bond donors (Lipinski definition) is 1. The second kappa shape index (κ2) is 7.65. The van der Waals surface area contributed by atoms with Gasteiger partial charge in [0.25, 0.3) is 0 Å². The van der Waals surface area contributed by atoms with Crippen LogP contribution in [-0.4, -0.2) is 40.1 Å². The Hall–Kier alpha value is -0.870. The normalized spacial score (nSPS) is 18.6. The lowest BCUT2D eigenvalue weighted by Gasteiger charge is -2.29. The molecule has 1 aliphatic heterocycles. The van der Waals surface area contributed by atoms with Gasteiger partial charge in [-0.2, -0.15) is 0 Å². The minimum Gasteiger partial charge on any atom is -0.334 e. The average molecular weight is 264 g/mol. The molecule has 2 heterocycles. The minimum absolute atomic E-state index is 0.532. The summed E-state index contributed by atoms with van der Waals surface area (Å²) >= 11 is 0. The number of imidazole rings is 1. The third-order valence-corrected chi connectivity index (χ3v) is 3.86. The van der Waals surface area contributed by atoms with E-state index in [1.165, 1.54) is 32.4 Å². The summed E-state index contributed by atoms with van der Waals surface area (Å²) in [4.78, 5) is 7.02. The molecule has 1 unspecified atom stereocenters. The van der Waals surface area contributed by atoms with E-state index in [9.17, 15) is 0 Å². The van der Waals surface area contributed by atoms with Crippen molar-refractivity contribution in [2.75, 3.05) is 19.6 Å². The topological polar surface area (TPSA) is 33.1 Å². The predicted octanol–water partition coefficient (Wildman–Crippen LogP) is 2.26. The Morgan fingerprint density at radius 1 is 1.32 bits per heavy atom. The van der Waals surface area contributed by atoms with Crippen molar-refractivity contribution in [3.8, 4) is 0 Å². The molecule has 1 aromatic rings. The zero-order chi connectivity index (χ0) is 13.5. The molecule has 1 atom stereocenters. The van der Waals surface area contributed by atoms with Crippen LogP contribution in [0, 0.1) is 0 Å². The van der Waals surface area contributed by atoms with Gasteiger partial charge in [0.05, 0.1) is 6.54 Å². The third-order valence-electron chi connectivity index (χ3n) is 3.86. The molecule has 2 rings (SSSR count). The van der Waals surface area contributed by atoms with E-state index in [4.69, 9.17) is 0 Å². The fourth-order valence-corrected chi connectivity index (χ4v) is 2.81. The van der Waals surface area contributed by atoms with Gasteiger partial charge in [0.2, 0.25) is 0 Å². The fraction of sp³-hybridized carbons (Fsp3) is 0.800. The van der Waals surface area contributed by atoms with Gasteiger partial charge < -0.3 is 14.8 Å². The molecular formula is C15H28N4. The van der Waals surface area contributed by atoms with Crippen molar-refractivity contribution < 1.29 is 0 Å². The summed E-state index contributed by atoms with van der Waals surface area (Å²) in [5, 5.41) is 3.61. The Kier molecular flexibility index (Phi) is 5.86. The molecule has 1 aromatic heterocycles. The van der Waals surface area contributed by atoms with Crippen molar-refractivity contribution in [1.82, 2.24) is 19.8 Å². The van der Waals surface area contributed by atoms with Gasteiger partial charge in [-0.3, -0.25) is 0 Å². The predicted molar refractivity (Wildman–Crippen MR) is 79.1 cm³/mol. The molecular weight excluding hydrogens is 236 g/mol. The van der Waals surface area contributed by atoms with Gasteiger partial charge in [0, 0.05) is 31.5 Å². The summed E-state index contributed by atoms with van der Waals surface area (Å²) in [6.45, 7) is 10.1. The number of hydrogen-bond acceptors (Lipinski definition) is 3. The highest BCUT2D eigenvalue weighted by Gasteiger charge is 2.13. The van der Waals surface area contributed by atoms with E-state index in [1.54, 1.807) is 0 Å². The minimum atomic E-state index is 0.532. The van der Waals surface area contributed by atoms with Crippen molar-refractivity contribution in [2.45, 2.75) is 58.7 Å². The van der Waals surface area contributed by atoms with Crippen LogP contribution in [0.4, 0.5) is 0 Å². The molecule has 0 amide bonds. The molecule has 108 valence electrons. The maximum atomic E-state index is 4.44. The number of likely N-dealkylation sites (tertiary alicyclic amines) is 1. The van der Waals surface area contributed by atoms with Gasteiger partial charge in [0.1, 0.15) is 5.82 Å². The van der Waals surface area contributed by atoms with E-state index >= 15 is 0 Å². The van der Waals surface area contributed by atoms with Crippen molar-refractivity contribution in [3.63, 3.8) is 0 Å². The lowest BCUT2D eigenvalue weighted by molar-refractivity contribution is 0.208. The highest BCUT2D eigenvalue weighted by molar-refractivity contribution is 4.92. The summed E-state index contributed by atoms with van der Waals surface area (Å²) in [7, 11) is 0. The number of piperidine rings is 1. The number of aryl methyl sites for hydroxylation is 1. The lowest BCUT2D eigenvalue weighted by Crippen LogP contribution is -2.41. The van der Waals surface area contributed by atoms with Crippen LogP contribution in [0.15, 0.2) is 12.4 Å². The molecule has 1 aliphatic rings. The van der Waals surface area contributed by atoms with Crippen LogP contribution < -0.4 is 5.32 Å². The maximum Gasteiger partial charge on any atom is 0.122 e. The second-order valence-electron chi connectivity index (χ2n) is 5.68. The number of rotatable bonds is 7. The lowest BCUT2D eigenvalue weighted by atomic mass is 10.1. The molecule has 4 heteroatoms. The van der Waals surface area contributed by atoms with E-state index in [0.717, 1.165) is 31.9 Å². The van der Waals surface area contributed by atoms with Crippen LogP contribution in [0.5, 0.6) is 0 Å². The van der Waals surface area contributed by atoms with Crippen LogP contribution >= 0.6 is 0 Å². The average Bonchev–Trinajstić information content (AvgIpc) is 2.85. The molecule has 0 aliphatic carbocycles. The van der Waals surface area contributed by atoms with E-state index in [1.807, 2.05) is 6.20 Å². The summed E-state index contributed by atoms with van der Waals surface area (Å²) < 4.78 is 2.25. The van der Waals surface area contributed by atoms with Gasteiger partial charge in [-0.15, -0.1) is 0 Å². The zero-order valence-electron chi connectivity index (χ0n) is 12.4. The molecule has 1 fully saturated rings. The first kappa shape index (κ1) is 14.5. The van der Waals surface area contributed by atoms with Crippen molar-refractivity contribution in [2.24, 2.45) is 0 Å². The molecule has 1 saturated heterocycles. The van der Waals surface area contributed by atoms with Crippen LogP contribution in [0.2, 0.25) is 0 Å². The Morgan fingerprint density at radius 2 is 2.11 bits per heavy atom. The number of aromatic nitrogens is 2. The molecule has 0 spiro atoms. The van der Waals surface area contributed by atoms with Crippen LogP contribution in [0.25, 0.3) is 0 Å². The second-order valence-corrected chi connectivity index (χ2v) is 5.68. The van der Waals surface area contributed by atoms with Gasteiger partial charge in [0.15, 0.2) is 0 Å². The smallest absolute Gasteiger partial charge is 0.122 e. The van der Waals surface area contributed by atoms with E-state index in [-0.39, 0.29) is 0 Å². The largest absolute Gasteiger partial charge is 0.334 e. The van der Waals surface area contributed by atoms with Crippen LogP contribution in [-0.2, 0) is 13.1 Å². The standard InChI is InChI=1S/C15H28N4/c1-3-8-19-11-7-16-15(19)12-17-14(2)13-18-9-5-4-6-10-18/h7,11,14,17H,3-6,8-10,12-13H2,1-2H3. The van der Waals surface area contributed by atoms with E-state index < -0.39 is 0 Å². The highest BCUT2D eigenvalue weighted by Crippen LogP contribution is 2.09. The Morgan fingerprint density at radius 3 is 2.84 bits per heavy atom. The molecule has 4 nitrogen and oxygen atoms in total. The quantitative estimate of drug-likeness (QED) is 0.820. The first-order valence-corrected chi connectivity index (χ1v) is 7.75. The van der Waals surface area contributed by atoms with Gasteiger partial charge in [-0.1, -0.05) is 13.3 Å². The summed E-state index contributed by atoms with van der Waals surface area (Å²) in [6.07, 6.45) is 9.29. The van der Waals surface area contributed by atoms with Gasteiger partial charge in [-0.25, -0.2) is 4.98 Å². The molecule has 0 aromatic carbocycles. The summed E-state index contributed by atoms with van der Waals surface area (Å²) in [5.74, 6) is 1.16. The summed E-state index contributed by atoms with van der Waals surface area (Å²) in [5.41, 5.74) is 0. The molecule has 1 N–H and O–H groups in total. The van der Waals surface area contributed by atoms with Crippen molar-refractivity contribution in [3.05, 3.63) is 18.2 Å². The third kappa shape index (κ3) is 4.62. The van der Waals surface area contributed by atoms with Gasteiger partial charge in [-0.05, 0) is 39.3 Å². The first-order valence-electron chi connectivity index (χ1n) is 7.75. The van der Waals surface area contributed by atoms with E-state index in [0.29, 0.717) is 6.04 Å². The fourth-order valence-electron chi connectivity index (χ4n) is 2.81. The molecule has 19 heavy (non-hydrogen) atoms. The van der Waals surface area contributed by atoms with Gasteiger partial charge >= 0.3 is 0 Å². The molecule has 0 saturated carbocycles. The Balaban J connectivity index is 1.72. The summed E-state index contributed by atoms with van der Waals surface area (Å²) in [6, 6.07) is 0.532. The Labute approximate surface area is 117 Å². The first-order chi connectivity index (χ1) is 9.29. The van der Waals surface area contributed by atoms with Crippen molar-refractivity contribution >= 4 is 0 Å². The molecule has 0 radical (unpaired) electrons. The SMILES string of the molecule is CCCn1ccnc1CNC(C)CN1CCCCC1. The number of nitrogens with zero attached hydrogens (tertiary/aromatic N) is 3.